The van der Waals surface area contributed by atoms with Gasteiger partial charge in [-0.1, -0.05) is 6.07 Å². The molecular formula is C13H13N5OS2. The van der Waals surface area contributed by atoms with Crippen molar-refractivity contribution < 1.29 is 4.79 Å². The van der Waals surface area contributed by atoms with Gasteiger partial charge >= 0.3 is 0 Å². The standard InChI is InChI=1S/C13H13N5OS2/c19-12(14-5-1-4-11-15-8-16-18-11)9-7-21-13(17-9)10-3-2-6-20-10/h2-3,6-8H,1,4-5H2,(H,14,19)(H,15,16,18). The molecule has 0 aromatic carbocycles. The number of aryl methyl sites for hydroxylation is 1. The van der Waals surface area contributed by atoms with Crippen molar-refractivity contribution in [3.63, 3.8) is 0 Å². The number of aromatic nitrogens is 4. The van der Waals surface area contributed by atoms with Gasteiger partial charge in [0.25, 0.3) is 5.91 Å². The molecule has 21 heavy (non-hydrogen) atoms. The molecule has 0 saturated heterocycles. The van der Waals surface area contributed by atoms with E-state index in [-0.39, 0.29) is 5.91 Å². The first-order valence-electron chi connectivity index (χ1n) is 6.45. The Hall–Kier alpha value is -2.06. The van der Waals surface area contributed by atoms with E-state index in [0.29, 0.717) is 12.2 Å². The number of H-pyrrole nitrogens is 1. The van der Waals surface area contributed by atoms with Crippen LogP contribution in [0.1, 0.15) is 22.7 Å². The van der Waals surface area contributed by atoms with E-state index in [0.717, 1.165) is 28.6 Å². The average Bonchev–Trinajstić information content (AvgIpc) is 3.25. The van der Waals surface area contributed by atoms with E-state index < -0.39 is 0 Å². The molecule has 0 fully saturated rings. The average molecular weight is 319 g/mol. The molecule has 1 amide bonds. The van der Waals surface area contributed by atoms with Gasteiger partial charge in [-0.3, -0.25) is 9.89 Å². The molecule has 3 aromatic rings. The SMILES string of the molecule is O=C(NCCCc1ncn[nH]1)c1csc(-c2cccs2)n1. The van der Waals surface area contributed by atoms with E-state index in [4.69, 9.17) is 0 Å². The van der Waals surface area contributed by atoms with E-state index in [1.807, 2.05) is 17.5 Å². The number of hydrogen-bond acceptors (Lipinski definition) is 6. The Bertz CT molecular complexity index is 690. The van der Waals surface area contributed by atoms with Crippen molar-refractivity contribution in [2.45, 2.75) is 12.8 Å². The fourth-order valence-electron chi connectivity index (χ4n) is 1.79. The van der Waals surface area contributed by atoms with Crippen LogP contribution in [0.25, 0.3) is 9.88 Å². The minimum absolute atomic E-state index is 0.133. The molecule has 0 spiro atoms. The Morgan fingerprint density at radius 3 is 3.10 bits per heavy atom. The molecule has 8 heteroatoms. The second-order valence-corrected chi connectivity index (χ2v) is 6.11. The van der Waals surface area contributed by atoms with Crippen molar-refractivity contribution in [1.82, 2.24) is 25.5 Å². The summed E-state index contributed by atoms with van der Waals surface area (Å²) in [6.45, 7) is 0.589. The molecule has 0 saturated carbocycles. The van der Waals surface area contributed by atoms with Gasteiger partial charge in [0.15, 0.2) is 0 Å². The zero-order chi connectivity index (χ0) is 14.5. The van der Waals surface area contributed by atoms with E-state index in [1.54, 1.807) is 16.7 Å². The minimum Gasteiger partial charge on any atom is -0.351 e. The highest BCUT2D eigenvalue weighted by Crippen LogP contribution is 2.27. The van der Waals surface area contributed by atoms with Gasteiger partial charge in [0, 0.05) is 18.3 Å². The lowest BCUT2D eigenvalue weighted by atomic mass is 10.3. The van der Waals surface area contributed by atoms with Crippen molar-refractivity contribution in [1.29, 1.82) is 0 Å². The van der Waals surface area contributed by atoms with Crippen molar-refractivity contribution in [3.05, 3.63) is 40.7 Å². The summed E-state index contributed by atoms with van der Waals surface area (Å²) in [5, 5.41) is 14.1. The Labute approximate surface area is 129 Å². The number of carbonyl (C=O) groups is 1. The highest BCUT2D eigenvalue weighted by Gasteiger charge is 2.11. The Morgan fingerprint density at radius 1 is 1.38 bits per heavy atom. The third-order valence-corrected chi connectivity index (χ3v) is 4.69. The Kier molecular flexibility index (Phi) is 4.37. The van der Waals surface area contributed by atoms with Crippen LogP contribution in [0.2, 0.25) is 0 Å². The number of carbonyl (C=O) groups excluding carboxylic acids is 1. The zero-order valence-electron chi connectivity index (χ0n) is 11.1. The van der Waals surface area contributed by atoms with Gasteiger partial charge in [-0.15, -0.1) is 22.7 Å². The summed E-state index contributed by atoms with van der Waals surface area (Å²) in [6, 6.07) is 3.98. The number of aromatic amines is 1. The molecule has 0 bridgehead atoms. The zero-order valence-corrected chi connectivity index (χ0v) is 12.7. The van der Waals surface area contributed by atoms with E-state index in [2.05, 4.69) is 25.5 Å². The maximum absolute atomic E-state index is 12.0. The van der Waals surface area contributed by atoms with Crippen molar-refractivity contribution in [2.24, 2.45) is 0 Å². The van der Waals surface area contributed by atoms with Gasteiger partial charge in [-0.25, -0.2) is 9.97 Å². The molecule has 0 aliphatic heterocycles. The predicted molar refractivity (Wildman–Crippen MR) is 82.5 cm³/mol. The molecule has 3 aromatic heterocycles. The van der Waals surface area contributed by atoms with Crippen LogP contribution < -0.4 is 5.32 Å². The third kappa shape index (κ3) is 3.53. The van der Waals surface area contributed by atoms with Crippen molar-refractivity contribution >= 4 is 28.6 Å². The van der Waals surface area contributed by atoms with Gasteiger partial charge in [0.2, 0.25) is 0 Å². The maximum atomic E-state index is 12.0. The lowest BCUT2D eigenvalue weighted by molar-refractivity contribution is 0.0949. The number of nitrogens with one attached hydrogen (secondary N) is 2. The molecule has 108 valence electrons. The molecule has 2 N–H and O–H groups in total. The van der Waals surface area contributed by atoms with Gasteiger partial charge in [0.1, 0.15) is 22.9 Å². The first-order chi connectivity index (χ1) is 10.3. The van der Waals surface area contributed by atoms with Gasteiger partial charge in [0.05, 0.1) is 4.88 Å². The largest absolute Gasteiger partial charge is 0.351 e. The van der Waals surface area contributed by atoms with Crippen LogP contribution in [0, 0.1) is 0 Å². The molecule has 0 aliphatic carbocycles. The van der Waals surface area contributed by atoms with Crippen LogP contribution >= 0.6 is 22.7 Å². The normalized spacial score (nSPS) is 10.7. The predicted octanol–water partition coefficient (Wildman–Crippen LogP) is 2.35. The minimum atomic E-state index is -0.133. The van der Waals surface area contributed by atoms with E-state index >= 15 is 0 Å². The monoisotopic (exact) mass is 319 g/mol. The van der Waals surface area contributed by atoms with Crippen LogP contribution in [-0.2, 0) is 6.42 Å². The number of rotatable bonds is 6. The molecule has 0 atom stereocenters. The third-order valence-electron chi connectivity index (χ3n) is 2.81. The summed E-state index contributed by atoms with van der Waals surface area (Å²) < 4.78 is 0. The fourth-order valence-corrected chi connectivity index (χ4v) is 3.41. The van der Waals surface area contributed by atoms with Crippen LogP contribution in [0.4, 0.5) is 0 Å². The number of amides is 1. The molecule has 3 rings (SSSR count). The molecule has 0 unspecified atom stereocenters. The number of thiazole rings is 1. The van der Waals surface area contributed by atoms with Crippen LogP contribution in [0.15, 0.2) is 29.2 Å². The highest BCUT2D eigenvalue weighted by atomic mass is 32.1. The summed E-state index contributed by atoms with van der Waals surface area (Å²) in [4.78, 5) is 21.5. The van der Waals surface area contributed by atoms with Crippen LogP contribution in [0.5, 0.6) is 0 Å². The molecule has 3 heterocycles. The lowest BCUT2D eigenvalue weighted by Crippen LogP contribution is -2.25. The summed E-state index contributed by atoms with van der Waals surface area (Å²) in [7, 11) is 0. The quantitative estimate of drug-likeness (QED) is 0.683. The smallest absolute Gasteiger partial charge is 0.270 e. The first-order valence-corrected chi connectivity index (χ1v) is 8.21. The van der Waals surface area contributed by atoms with Crippen molar-refractivity contribution in [3.8, 4) is 9.88 Å². The fraction of sp³-hybridized carbons (Fsp3) is 0.231. The van der Waals surface area contributed by atoms with Crippen LogP contribution in [0.3, 0.4) is 0 Å². The maximum Gasteiger partial charge on any atom is 0.270 e. The lowest BCUT2D eigenvalue weighted by Gasteiger charge is -2.01. The number of thiophene rings is 1. The molecule has 0 aliphatic rings. The highest BCUT2D eigenvalue weighted by molar-refractivity contribution is 7.20. The summed E-state index contributed by atoms with van der Waals surface area (Å²) in [5.41, 5.74) is 0.475. The van der Waals surface area contributed by atoms with E-state index in [1.165, 1.54) is 17.7 Å². The Balaban J connectivity index is 1.49. The van der Waals surface area contributed by atoms with E-state index in [9.17, 15) is 4.79 Å². The molecule has 6 nitrogen and oxygen atoms in total. The van der Waals surface area contributed by atoms with Crippen LogP contribution in [-0.4, -0.2) is 32.6 Å². The number of nitrogens with zero attached hydrogens (tertiary/aromatic N) is 3. The summed E-state index contributed by atoms with van der Waals surface area (Å²) in [5.74, 6) is 0.699. The summed E-state index contributed by atoms with van der Waals surface area (Å²) >= 11 is 3.11. The first kappa shape index (κ1) is 13.9. The van der Waals surface area contributed by atoms with Gasteiger partial charge in [-0.05, 0) is 17.9 Å². The van der Waals surface area contributed by atoms with Crippen molar-refractivity contribution in [2.75, 3.05) is 6.54 Å². The topological polar surface area (TPSA) is 83.6 Å². The Morgan fingerprint density at radius 2 is 2.33 bits per heavy atom. The second kappa shape index (κ2) is 6.59. The molecular weight excluding hydrogens is 306 g/mol. The van der Waals surface area contributed by atoms with Gasteiger partial charge in [-0.2, -0.15) is 5.10 Å². The number of hydrogen-bond donors (Lipinski definition) is 2. The summed E-state index contributed by atoms with van der Waals surface area (Å²) in [6.07, 6.45) is 3.05. The second-order valence-electron chi connectivity index (χ2n) is 4.31. The molecule has 0 radical (unpaired) electrons. The van der Waals surface area contributed by atoms with Gasteiger partial charge < -0.3 is 5.32 Å².